The molecular weight excluding hydrogens is 284 g/mol. The van der Waals surface area contributed by atoms with Gasteiger partial charge < -0.3 is 4.74 Å². The largest absolute Gasteiger partial charge is 0.496 e. The van der Waals surface area contributed by atoms with E-state index in [1.165, 1.54) is 19.2 Å². The highest BCUT2D eigenvalue weighted by Crippen LogP contribution is 2.33. The Hall–Kier alpha value is -2.04. The van der Waals surface area contributed by atoms with Crippen LogP contribution in [0.2, 0.25) is 0 Å². The zero-order chi connectivity index (χ0) is 15.6. The number of alkyl halides is 2. The van der Waals surface area contributed by atoms with Crippen molar-refractivity contribution < 1.29 is 22.3 Å². The van der Waals surface area contributed by atoms with Crippen LogP contribution in [0.5, 0.6) is 5.75 Å². The number of methoxy groups -OCH3 is 1. The van der Waals surface area contributed by atoms with Gasteiger partial charge in [0.15, 0.2) is 0 Å². The van der Waals surface area contributed by atoms with E-state index in [1.54, 1.807) is 0 Å². The van der Waals surface area contributed by atoms with E-state index >= 15 is 0 Å². The third-order valence-electron chi connectivity index (χ3n) is 3.23. The number of benzene rings is 2. The van der Waals surface area contributed by atoms with Gasteiger partial charge in [-0.2, -0.15) is 0 Å². The van der Waals surface area contributed by atoms with Crippen LogP contribution in [0.3, 0.4) is 0 Å². The van der Waals surface area contributed by atoms with Crippen molar-refractivity contribution in [3.05, 3.63) is 53.1 Å². The van der Waals surface area contributed by atoms with E-state index in [1.807, 2.05) is 6.92 Å². The summed E-state index contributed by atoms with van der Waals surface area (Å²) in [5.74, 6) is -0.990. The van der Waals surface area contributed by atoms with Gasteiger partial charge in [-0.1, -0.05) is 6.92 Å². The Morgan fingerprint density at radius 2 is 1.76 bits per heavy atom. The Kier molecular flexibility index (Phi) is 4.50. The summed E-state index contributed by atoms with van der Waals surface area (Å²) in [4.78, 5) is 0. The molecule has 0 radical (unpaired) electrons. The predicted octanol–water partition coefficient (Wildman–Crippen LogP) is 5.14. The molecule has 0 saturated heterocycles. The average Bonchev–Trinajstić information content (AvgIpc) is 2.46. The van der Waals surface area contributed by atoms with Crippen LogP contribution in [0.15, 0.2) is 30.3 Å². The van der Waals surface area contributed by atoms with Gasteiger partial charge in [0.1, 0.15) is 17.4 Å². The fraction of sp³-hybridized carbons (Fsp3) is 0.250. The minimum absolute atomic E-state index is 0.0328. The second-order valence-electron chi connectivity index (χ2n) is 4.57. The van der Waals surface area contributed by atoms with Crippen molar-refractivity contribution in [2.45, 2.75) is 19.8 Å². The van der Waals surface area contributed by atoms with E-state index < -0.39 is 23.6 Å². The zero-order valence-electron chi connectivity index (χ0n) is 11.6. The molecule has 0 aliphatic carbocycles. The Labute approximate surface area is 120 Å². The van der Waals surface area contributed by atoms with Gasteiger partial charge in [0.05, 0.1) is 7.11 Å². The van der Waals surface area contributed by atoms with Crippen LogP contribution in [0.25, 0.3) is 11.1 Å². The van der Waals surface area contributed by atoms with Gasteiger partial charge in [-0.15, -0.1) is 0 Å². The summed E-state index contributed by atoms with van der Waals surface area (Å²) < 4.78 is 58.2. The van der Waals surface area contributed by atoms with Gasteiger partial charge in [-0.3, -0.25) is 0 Å². The zero-order valence-corrected chi connectivity index (χ0v) is 11.6. The van der Waals surface area contributed by atoms with Crippen molar-refractivity contribution >= 4 is 0 Å². The Bertz CT molecular complexity index is 653. The molecule has 0 N–H and O–H groups in total. The molecule has 0 aliphatic heterocycles. The number of halogens is 4. The molecule has 0 unspecified atom stereocenters. The maximum absolute atomic E-state index is 14.1. The summed E-state index contributed by atoms with van der Waals surface area (Å²) in [6.45, 7) is 1.84. The standard InChI is InChI=1S/C16H14F4O/c1-3-9-7-14(18)13(8-15(9)21-2)10-4-11(16(19)20)6-12(17)5-10/h4-8,16H,3H2,1-2H3. The molecule has 5 heteroatoms. The fourth-order valence-electron chi connectivity index (χ4n) is 2.18. The van der Waals surface area contributed by atoms with Crippen LogP contribution < -0.4 is 4.74 Å². The van der Waals surface area contributed by atoms with E-state index in [9.17, 15) is 17.6 Å². The molecule has 0 aliphatic rings. The van der Waals surface area contributed by atoms with Crippen molar-refractivity contribution in [1.29, 1.82) is 0 Å². The first-order chi connectivity index (χ1) is 9.96. The SMILES string of the molecule is CCc1cc(F)c(-c2cc(F)cc(C(F)F)c2)cc1OC. The maximum atomic E-state index is 14.1. The molecule has 0 spiro atoms. The Morgan fingerprint density at radius 3 is 2.33 bits per heavy atom. The van der Waals surface area contributed by atoms with Crippen LogP contribution in [-0.2, 0) is 6.42 Å². The number of ether oxygens (including phenoxy) is 1. The van der Waals surface area contributed by atoms with Gasteiger partial charge in [0.2, 0.25) is 0 Å². The lowest BCUT2D eigenvalue weighted by molar-refractivity contribution is 0.151. The lowest BCUT2D eigenvalue weighted by atomic mass is 9.99. The summed E-state index contributed by atoms with van der Waals surface area (Å²) in [6.07, 6.45) is -2.26. The molecule has 2 aromatic carbocycles. The van der Waals surface area contributed by atoms with E-state index in [-0.39, 0.29) is 11.1 Å². The molecule has 2 rings (SSSR count). The van der Waals surface area contributed by atoms with E-state index in [0.717, 1.165) is 18.2 Å². The molecular formula is C16H14F4O. The molecule has 0 bridgehead atoms. The molecule has 0 atom stereocenters. The number of aryl methyl sites for hydroxylation is 1. The third kappa shape index (κ3) is 3.17. The minimum Gasteiger partial charge on any atom is -0.496 e. The van der Waals surface area contributed by atoms with Gasteiger partial charge in [-0.25, -0.2) is 17.6 Å². The van der Waals surface area contributed by atoms with Crippen LogP contribution in [0.4, 0.5) is 17.6 Å². The molecule has 0 fully saturated rings. The topological polar surface area (TPSA) is 9.23 Å². The second kappa shape index (κ2) is 6.16. The molecule has 21 heavy (non-hydrogen) atoms. The summed E-state index contributed by atoms with van der Waals surface area (Å²) in [7, 11) is 1.44. The molecule has 0 amide bonds. The van der Waals surface area contributed by atoms with E-state index in [2.05, 4.69) is 0 Å². The van der Waals surface area contributed by atoms with Gasteiger partial charge >= 0.3 is 0 Å². The molecule has 0 aromatic heterocycles. The van der Waals surface area contributed by atoms with E-state index in [4.69, 9.17) is 4.74 Å². The average molecular weight is 298 g/mol. The molecule has 0 heterocycles. The second-order valence-corrected chi connectivity index (χ2v) is 4.57. The van der Waals surface area contributed by atoms with Crippen LogP contribution >= 0.6 is 0 Å². The van der Waals surface area contributed by atoms with Crippen molar-refractivity contribution in [2.75, 3.05) is 7.11 Å². The van der Waals surface area contributed by atoms with E-state index in [0.29, 0.717) is 17.7 Å². The number of hydrogen-bond acceptors (Lipinski definition) is 1. The highest BCUT2D eigenvalue weighted by Gasteiger charge is 2.15. The van der Waals surface area contributed by atoms with Crippen LogP contribution in [-0.4, -0.2) is 7.11 Å². The predicted molar refractivity (Wildman–Crippen MR) is 72.7 cm³/mol. The first-order valence-corrected chi connectivity index (χ1v) is 6.41. The first kappa shape index (κ1) is 15.4. The van der Waals surface area contributed by atoms with Gasteiger partial charge in [0.25, 0.3) is 6.43 Å². The maximum Gasteiger partial charge on any atom is 0.263 e. The first-order valence-electron chi connectivity index (χ1n) is 6.41. The number of rotatable bonds is 4. The Morgan fingerprint density at radius 1 is 1.05 bits per heavy atom. The summed E-state index contributed by atoms with van der Waals surface area (Å²) in [6, 6.07) is 5.52. The Balaban J connectivity index is 2.61. The van der Waals surface area contributed by atoms with Crippen molar-refractivity contribution in [3.63, 3.8) is 0 Å². The molecule has 0 saturated carbocycles. The smallest absolute Gasteiger partial charge is 0.263 e. The third-order valence-corrected chi connectivity index (χ3v) is 3.23. The summed E-state index contributed by atoms with van der Waals surface area (Å²) in [5, 5.41) is 0. The van der Waals surface area contributed by atoms with Crippen LogP contribution in [0, 0.1) is 11.6 Å². The molecule has 2 aromatic rings. The van der Waals surface area contributed by atoms with Crippen molar-refractivity contribution in [2.24, 2.45) is 0 Å². The van der Waals surface area contributed by atoms with Gasteiger partial charge in [-0.05, 0) is 47.9 Å². The lowest BCUT2D eigenvalue weighted by Gasteiger charge is -2.12. The van der Waals surface area contributed by atoms with Crippen molar-refractivity contribution in [3.8, 4) is 16.9 Å². The minimum atomic E-state index is -2.82. The molecule has 112 valence electrons. The number of hydrogen-bond donors (Lipinski definition) is 0. The van der Waals surface area contributed by atoms with Crippen LogP contribution in [0.1, 0.15) is 24.5 Å². The van der Waals surface area contributed by atoms with Gasteiger partial charge in [0, 0.05) is 11.1 Å². The normalized spacial score (nSPS) is 11.0. The quantitative estimate of drug-likeness (QED) is 0.710. The lowest BCUT2D eigenvalue weighted by Crippen LogP contribution is -1.96. The highest BCUT2D eigenvalue weighted by atomic mass is 19.3. The highest BCUT2D eigenvalue weighted by molar-refractivity contribution is 5.68. The molecule has 1 nitrogen and oxygen atoms in total. The summed E-state index contributed by atoms with van der Waals surface area (Å²) >= 11 is 0. The fourth-order valence-corrected chi connectivity index (χ4v) is 2.18. The van der Waals surface area contributed by atoms with Crippen molar-refractivity contribution in [1.82, 2.24) is 0 Å². The monoisotopic (exact) mass is 298 g/mol. The summed E-state index contributed by atoms with van der Waals surface area (Å²) in [5.41, 5.74) is 0.265.